The maximum Gasteiger partial charge on any atom is 0.243 e. The molecular weight excluding hydrogens is 396 g/mol. The minimum atomic E-state index is -0.495. The Kier molecular flexibility index (Phi) is 8.32. The van der Waals surface area contributed by atoms with E-state index in [0.29, 0.717) is 30.8 Å². The predicted octanol–water partition coefficient (Wildman–Crippen LogP) is 5.14. The molecule has 1 N–H and O–H groups in total. The summed E-state index contributed by atoms with van der Waals surface area (Å²) in [7, 11) is 0. The zero-order valence-corrected chi connectivity index (χ0v) is 18.4. The Morgan fingerprint density at radius 2 is 1.73 bits per heavy atom. The van der Waals surface area contributed by atoms with E-state index in [1.54, 1.807) is 4.90 Å². The topological polar surface area (TPSA) is 49.4 Å². The van der Waals surface area contributed by atoms with Crippen LogP contribution in [0.5, 0.6) is 0 Å². The first-order valence-electron chi connectivity index (χ1n) is 11.0. The number of nitrogens with one attached hydrogen (secondary N) is 1. The number of nitrogens with zero attached hydrogens (tertiary/aromatic N) is 1. The Labute approximate surface area is 184 Å². The molecule has 3 rings (SSSR count). The summed E-state index contributed by atoms with van der Waals surface area (Å²) in [6, 6.07) is 17.2. The maximum absolute atomic E-state index is 13.3. The normalized spacial score (nSPS) is 15.0. The van der Waals surface area contributed by atoms with Gasteiger partial charge in [0.15, 0.2) is 0 Å². The van der Waals surface area contributed by atoms with E-state index in [0.717, 1.165) is 36.8 Å². The summed E-state index contributed by atoms with van der Waals surface area (Å²) in [6.07, 6.45) is 5.94. The second kappa shape index (κ2) is 11.2. The molecule has 1 saturated carbocycles. The molecule has 0 spiro atoms. The first-order chi connectivity index (χ1) is 14.6. The van der Waals surface area contributed by atoms with Crippen LogP contribution in [0, 0.1) is 0 Å². The number of benzene rings is 2. The minimum Gasteiger partial charge on any atom is -0.352 e. The van der Waals surface area contributed by atoms with Crippen LogP contribution < -0.4 is 5.32 Å². The Morgan fingerprint density at radius 1 is 1.07 bits per heavy atom. The number of amides is 2. The lowest BCUT2D eigenvalue weighted by atomic mass is 10.1. The molecule has 2 aromatic carbocycles. The van der Waals surface area contributed by atoms with E-state index in [1.165, 1.54) is 0 Å². The third-order valence-corrected chi connectivity index (χ3v) is 6.23. The second-order valence-corrected chi connectivity index (χ2v) is 8.42. The van der Waals surface area contributed by atoms with Gasteiger partial charge in [0, 0.05) is 24.0 Å². The molecule has 160 valence electrons. The fraction of sp³-hybridized carbons (Fsp3) is 0.440. The molecule has 0 unspecified atom stereocenters. The van der Waals surface area contributed by atoms with Crippen LogP contribution in [-0.4, -0.2) is 28.8 Å². The van der Waals surface area contributed by atoms with E-state index >= 15 is 0 Å². The molecule has 0 aliphatic heterocycles. The van der Waals surface area contributed by atoms with Gasteiger partial charge in [0.2, 0.25) is 11.8 Å². The number of carbonyl (C=O) groups is 2. The smallest absolute Gasteiger partial charge is 0.243 e. The third-order valence-electron chi connectivity index (χ3n) is 5.86. The van der Waals surface area contributed by atoms with Crippen molar-refractivity contribution in [2.75, 3.05) is 0 Å². The van der Waals surface area contributed by atoms with Crippen LogP contribution in [-0.2, 0) is 22.6 Å². The molecule has 2 aromatic rings. The van der Waals surface area contributed by atoms with Gasteiger partial charge in [-0.3, -0.25) is 9.59 Å². The highest BCUT2D eigenvalue weighted by atomic mass is 35.5. The largest absolute Gasteiger partial charge is 0.352 e. The molecule has 0 radical (unpaired) electrons. The summed E-state index contributed by atoms with van der Waals surface area (Å²) in [5.74, 6) is -0.0725. The van der Waals surface area contributed by atoms with Gasteiger partial charge in [-0.05, 0) is 42.9 Å². The van der Waals surface area contributed by atoms with Crippen molar-refractivity contribution >= 4 is 23.4 Å². The minimum absolute atomic E-state index is 0.0211. The van der Waals surface area contributed by atoms with E-state index in [2.05, 4.69) is 5.32 Å². The zero-order valence-electron chi connectivity index (χ0n) is 17.6. The molecular formula is C25H31ClN2O2. The van der Waals surface area contributed by atoms with Crippen LogP contribution in [0.2, 0.25) is 5.02 Å². The average molecular weight is 427 g/mol. The molecule has 5 heteroatoms. The molecule has 1 atom stereocenters. The Bertz CT molecular complexity index is 834. The van der Waals surface area contributed by atoms with Crippen LogP contribution >= 0.6 is 11.6 Å². The number of halogens is 1. The van der Waals surface area contributed by atoms with E-state index < -0.39 is 6.04 Å². The van der Waals surface area contributed by atoms with Crippen molar-refractivity contribution in [3.05, 3.63) is 70.7 Å². The SMILES string of the molecule is CC[C@H](C(=O)NC1CCCC1)N(Cc1ccccc1Cl)C(=O)CCc1ccccc1. The van der Waals surface area contributed by atoms with Crippen molar-refractivity contribution in [2.24, 2.45) is 0 Å². The fourth-order valence-electron chi connectivity index (χ4n) is 4.14. The quantitative estimate of drug-likeness (QED) is 0.603. The van der Waals surface area contributed by atoms with E-state index in [9.17, 15) is 9.59 Å². The van der Waals surface area contributed by atoms with Gasteiger partial charge in [0.1, 0.15) is 6.04 Å². The molecule has 1 fully saturated rings. The van der Waals surface area contributed by atoms with Gasteiger partial charge < -0.3 is 10.2 Å². The molecule has 0 aromatic heterocycles. The Balaban J connectivity index is 1.76. The Hall–Kier alpha value is -2.33. The molecule has 1 aliphatic carbocycles. The zero-order chi connectivity index (χ0) is 21.3. The van der Waals surface area contributed by atoms with Gasteiger partial charge in [-0.25, -0.2) is 0 Å². The predicted molar refractivity (Wildman–Crippen MR) is 121 cm³/mol. The van der Waals surface area contributed by atoms with Crippen LogP contribution in [0.4, 0.5) is 0 Å². The third kappa shape index (κ3) is 6.09. The first kappa shape index (κ1) is 22.4. The van der Waals surface area contributed by atoms with Crippen LogP contribution in [0.1, 0.15) is 56.6 Å². The number of hydrogen-bond acceptors (Lipinski definition) is 2. The van der Waals surface area contributed by atoms with Crippen molar-refractivity contribution in [2.45, 2.75) is 70.5 Å². The molecule has 0 bridgehead atoms. The first-order valence-corrected chi connectivity index (χ1v) is 11.3. The molecule has 30 heavy (non-hydrogen) atoms. The molecule has 2 amide bonds. The van der Waals surface area contributed by atoms with Crippen LogP contribution in [0.3, 0.4) is 0 Å². The maximum atomic E-state index is 13.3. The number of rotatable bonds is 9. The summed E-state index contributed by atoms with van der Waals surface area (Å²) >= 11 is 6.37. The highest BCUT2D eigenvalue weighted by molar-refractivity contribution is 6.31. The van der Waals surface area contributed by atoms with E-state index in [-0.39, 0.29) is 17.9 Å². The highest BCUT2D eigenvalue weighted by Gasteiger charge is 2.30. The summed E-state index contributed by atoms with van der Waals surface area (Å²) in [5, 5.41) is 3.79. The molecule has 0 heterocycles. The average Bonchev–Trinajstić information content (AvgIpc) is 3.27. The number of aryl methyl sites for hydroxylation is 1. The lowest BCUT2D eigenvalue weighted by Crippen LogP contribution is -2.51. The monoisotopic (exact) mass is 426 g/mol. The Morgan fingerprint density at radius 3 is 2.40 bits per heavy atom. The van der Waals surface area contributed by atoms with Gasteiger partial charge in [-0.15, -0.1) is 0 Å². The van der Waals surface area contributed by atoms with Crippen molar-refractivity contribution in [3.8, 4) is 0 Å². The van der Waals surface area contributed by atoms with E-state index in [1.807, 2.05) is 61.5 Å². The van der Waals surface area contributed by atoms with Gasteiger partial charge in [0.05, 0.1) is 0 Å². The summed E-state index contributed by atoms with van der Waals surface area (Å²) < 4.78 is 0. The summed E-state index contributed by atoms with van der Waals surface area (Å²) in [4.78, 5) is 28.1. The fourth-order valence-corrected chi connectivity index (χ4v) is 4.33. The van der Waals surface area contributed by atoms with Gasteiger partial charge in [-0.2, -0.15) is 0 Å². The van der Waals surface area contributed by atoms with Crippen molar-refractivity contribution in [1.29, 1.82) is 0 Å². The standard InChI is InChI=1S/C25H31ClN2O2/c1-2-23(25(30)27-21-13-7-8-14-21)28(18-20-12-6-9-15-22(20)26)24(29)17-16-19-10-4-3-5-11-19/h3-6,9-12,15,21,23H,2,7-8,13-14,16-18H2,1H3,(H,27,30)/t23-/m1/s1. The summed E-state index contributed by atoms with van der Waals surface area (Å²) in [5.41, 5.74) is 1.98. The van der Waals surface area contributed by atoms with Crippen LogP contribution in [0.25, 0.3) is 0 Å². The van der Waals surface area contributed by atoms with Gasteiger partial charge >= 0.3 is 0 Å². The lowest BCUT2D eigenvalue weighted by Gasteiger charge is -2.32. The number of carbonyl (C=O) groups excluding carboxylic acids is 2. The van der Waals surface area contributed by atoms with Crippen LogP contribution in [0.15, 0.2) is 54.6 Å². The van der Waals surface area contributed by atoms with E-state index in [4.69, 9.17) is 11.6 Å². The summed E-state index contributed by atoms with van der Waals surface area (Å²) in [6.45, 7) is 2.30. The second-order valence-electron chi connectivity index (χ2n) is 8.01. The van der Waals surface area contributed by atoms with Crippen molar-refractivity contribution in [3.63, 3.8) is 0 Å². The molecule has 1 aliphatic rings. The van der Waals surface area contributed by atoms with Crippen molar-refractivity contribution in [1.82, 2.24) is 10.2 Å². The highest BCUT2D eigenvalue weighted by Crippen LogP contribution is 2.22. The van der Waals surface area contributed by atoms with Crippen molar-refractivity contribution < 1.29 is 9.59 Å². The molecule has 0 saturated heterocycles. The van der Waals surface area contributed by atoms with Gasteiger partial charge in [0.25, 0.3) is 0 Å². The number of hydrogen-bond donors (Lipinski definition) is 1. The molecule has 4 nitrogen and oxygen atoms in total. The lowest BCUT2D eigenvalue weighted by molar-refractivity contribution is -0.141. The van der Waals surface area contributed by atoms with Gasteiger partial charge in [-0.1, -0.05) is 79.9 Å².